The Hall–Kier alpha value is -2.63. The number of ether oxygens (including phenoxy) is 1. The largest absolute Gasteiger partial charge is 0.444 e. The van der Waals surface area contributed by atoms with E-state index in [4.69, 9.17) is 9.72 Å². The van der Waals surface area contributed by atoms with Crippen molar-refractivity contribution in [2.24, 2.45) is 0 Å². The molecule has 0 saturated carbocycles. The molecule has 6 heteroatoms. The predicted octanol–water partition coefficient (Wildman–Crippen LogP) is 5.99. The van der Waals surface area contributed by atoms with Gasteiger partial charge in [0.1, 0.15) is 5.60 Å². The molecule has 2 aliphatic rings. The van der Waals surface area contributed by atoms with Gasteiger partial charge in [-0.25, -0.2) is 14.8 Å². The highest BCUT2D eigenvalue weighted by Gasteiger charge is 2.37. The van der Waals surface area contributed by atoms with Crippen molar-refractivity contribution in [3.63, 3.8) is 0 Å². The zero-order valence-corrected chi connectivity index (χ0v) is 21.9. The van der Waals surface area contributed by atoms with Crippen LogP contribution in [-0.2, 0) is 15.6 Å². The summed E-state index contributed by atoms with van der Waals surface area (Å²) in [5, 5.41) is 3.00. The van der Waals surface area contributed by atoms with Crippen LogP contribution in [0.15, 0.2) is 30.5 Å². The third-order valence-corrected chi connectivity index (χ3v) is 7.29. The summed E-state index contributed by atoms with van der Waals surface area (Å²) in [6, 6.07) is 8.98. The molecule has 34 heavy (non-hydrogen) atoms. The maximum Gasteiger partial charge on any atom is 0.407 e. The number of anilines is 1. The fourth-order valence-electron chi connectivity index (χ4n) is 5.11. The average Bonchev–Trinajstić information content (AvgIpc) is 2.76. The Labute approximate surface area is 204 Å². The minimum Gasteiger partial charge on any atom is -0.444 e. The standard InChI is InChI=1S/C28H40N4O2/c1-26(2,3)34-25(33)30-20-11-16-32(17-12-20)24-29-15-10-23(31-24)19-8-9-21-22(18-19)28(6,7)14-13-27(21,4)5/h8-10,15,18,20H,11-14,16-17H2,1-7H3,(H,30,33). The molecule has 2 heterocycles. The molecule has 184 valence electrons. The molecular weight excluding hydrogens is 424 g/mol. The molecule has 4 rings (SSSR count). The Morgan fingerprint density at radius 2 is 1.68 bits per heavy atom. The van der Waals surface area contributed by atoms with Gasteiger partial charge in [0.25, 0.3) is 0 Å². The first-order chi connectivity index (χ1) is 15.8. The number of nitrogens with zero attached hydrogens (tertiary/aromatic N) is 3. The molecule has 1 aliphatic heterocycles. The lowest BCUT2D eigenvalue weighted by atomic mass is 9.63. The monoisotopic (exact) mass is 464 g/mol. The Kier molecular flexibility index (Phi) is 6.38. The molecule has 0 atom stereocenters. The van der Waals surface area contributed by atoms with Crippen molar-refractivity contribution in [1.29, 1.82) is 0 Å². The number of hydrogen-bond acceptors (Lipinski definition) is 5. The Morgan fingerprint density at radius 3 is 2.32 bits per heavy atom. The van der Waals surface area contributed by atoms with Crippen LogP contribution in [-0.4, -0.2) is 40.8 Å². The average molecular weight is 465 g/mol. The number of piperidine rings is 1. The van der Waals surface area contributed by atoms with Gasteiger partial charge in [0.2, 0.25) is 5.95 Å². The summed E-state index contributed by atoms with van der Waals surface area (Å²) in [5.41, 5.74) is 4.89. The number of nitrogens with one attached hydrogen (secondary N) is 1. The number of aromatic nitrogens is 2. The first kappa shape index (κ1) is 24.5. The van der Waals surface area contributed by atoms with Gasteiger partial charge in [0.15, 0.2) is 0 Å². The van der Waals surface area contributed by atoms with Crippen LogP contribution in [0, 0.1) is 0 Å². The normalized spacial score (nSPS) is 19.9. The zero-order valence-electron chi connectivity index (χ0n) is 21.9. The summed E-state index contributed by atoms with van der Waals surface area (Å²) < 4.78 is 5.40. The summed E-state index contributed by atoms with van der Waals surface area (Å²) in [6.45, 7) is 16.6. The molecular formula is C28H40N4O2. The van der Waals surface area contributed by atoms with Crippen LogP contribution >= 0.6 is 0 Å². The number of carbonyl (C=O) groups is 1. The number of fused-ring (bicyclic) bond motifs is 1. The van der Waals surface area contributed by atoms with Crippen LogP contribution in [0.5, 0.6) is 0 Å². The van der Waals surface area contributed by atoms with Gasteiger partial charge in [-0.15, -0.1) is 0 Å². The fourth-order valence-corrected chi connectivity index (χ4v) is 5.11. The molecule has 6 nitrogen and oxygen atoms in total. The Balaban J connectivity index is 1.47. The lowest BCUT2D eigenvalue weighted by molar-refractivity contribution is 0.0497. The Bertz CT molecular complexity index is 1050. The molecule has 1 amide bonds. The van der Waals surface area contributed by atoms with Gasteiger partial charge in [-0.05, 0) is 80.5 Å². The SMILES string of the molecule is CC(C)(C)OC(=O)NC1CCN(c2nccc(-c3ccc4c(c3)C(C)(C)CCC4(C)C)n2)CC1. The number of benzene rings is 1. The van der Waals surface area contributed by atoms with Gasteiger partial charge in [0.05, 0.1) is 5.69 Å². The van der Waals surface area contributed by atoms with Crippen molar-refractivity contribution in [1.82, 2.24) is 15.3 Å². The summed E-state index contributed by atoms with van der Waals surface area (Å²) in [7, 11) is 0. The zero-order chi connectivity index (χ0) is 24.7. The van der Waals surface area contributed by atoms with Crippen molar-refractivity contribution in [3.8, 4) is 11.3 Å². The van der Waals surface area contributed by atoms with Crippen molar-refractivity contribution in [2.75, 3.05) is 18.0 Å². The summed E-state index contributed by atoms with van der Waals surface area (Å²) in [4.78, 5) is 23.8. The quantitative estimate of drug-likeness (QED) is 0.605. The highest BCUT2D eigenvalue weighted by molar-refractivity contribution is 5.68. The highest BCUT2D eigenvalue weighted by Crippen LogP contribution is 2.46. The lowest BCUT2D eigenvalue weighted by Crippen LogP contribution is -2.46. The number of hydrogen-bond donors (Lipinski definition) is 1. The van der Waals surface area contributed by atoms with E-state index in [0.717, 1.165) is 43.1 Å². The summed E-state index contributed by atoms with van der Waals surface area (Å²) in [6.07, 6.45) is 5.60. The minimum absolute atomic E-state index is 0.112. The van der Waals surface area contributed by atoms with E-state index in [1.165, 1.54) is 24.0 Å². The first-order valence-electron chi connectivity index (χ1n) is 12.6. The molecule has 0 radical (unpaired) electrons. The molecule has 2 aromatic rings. The van der Waals surface area contributed by atoms with E-state index < -0.39 is 5.60 Å². The van der Waals surface area contributed by atoms with Crippen molar-refractivity contribution >= 4 is 12.0 Å². The maximum atomic E-state index is 12.1. The van der Waals surface area contributed by atoms with Crippen LogP contribution < -0.4 is 10.2 Å². The fraction of sp³-hybridized carbons (Fsp3) is 0.607. The van der Waals surface area contributed by atoms with Crippen LogP contribution in [0.3, 0.4) is 0 Å². The third kappa shape index (κ3) is 5.37. The molecule has 0 spiro atoms. The number of amides is 1. The number of alkyl carbamates (subject to hydrolysis) is 1. The summed E-state index contributed by atoms with van der Waals surface area (Å²) in [5.74, 6) is 0.755. The van der Waals surface area contributed by atoms with Gasteiger partial charge in [0, 0.05) is 30.9 Å². The van der Waals surface area contributed by atoms with Crippen molar-refractivity contribution in [2.45, 2.75) is 96.6 Å². The van der Waals surface area contributed by atoms with E-state index in [2.05, 4.69) is 61.1 Å². The smallest absolute Gasteiger partial charge is 0.407 e. The molecule has 0 unspecified atom stereocenters. The molecule has 1 fully saturated rings. The predicted molar refractivity (Wildman–Crippen MR) is 137 cm³/mol. The van der Waals surface area contributed by atoms with Crippen LogP contribution in [0.2, 0.25) is 0 Å². The van der Waals surface area contributed by atoms with Gasteiger partial charge < -0.3 is 15.0 Å². The lowest BCUT2D eigenvalue weighted by Gasteiger charge is -2.42. The van der Waals surface area contributed by atoms with Gasteiger partial charge in [-0.2, -0.15) is 0 Å². The second kappa shape index (κ2) is 8.86. The van der Waals surface area contributed by atoms with E-state index in [9.17, 15) is 4.79 Å². The number of carbonyl (C=O) groups excluding carboxylic acids is 1. The van der Waals surface area contributed by atoms with Crippen molar-refractivity contribution in [3.05, 3.63) is 41.6 Å². The molecule has 1 aromatic carbocycles. The van der Waals surface area contributed by atoms with Crippen LogP contribution in [0.1, 0.15) is 85.3 Å². The second-order valence-corrected chi connectivity index (χ2v) is 12.2. The topological polar surface area (TPSA) is 67.3 Å². The number of rotatable bonds is 3. The second-order valence-electron chi connectivity index (χ2n) is 12.2. The molecule has 1 N–H and O–H groups in total. The van der Waals surface area contributed by atoms with Gasteiger partial charge in [-0.3, -0.25) is 0 Å². The molecule has 1 saturated heterocycles. The van der Waals surface area contributed by atoms with E-state index in [-0.39, 0.29) is 23.0 Å². The third-order valence-electron chi connectivity index (χ3n) is 7.29. The molecule has 0 bridgehead atoms. The highest BCUT2D eigenvalue weighted by atomic mass is 16.6. The van der Waals surface area contributed by atoms with Crippen LogP contribution in [0.4, 0.5) is 10.7 Å². The van der Waals surface area contributed by atoms with E-state index in [1.807, 2.05) is 33.0 Å². The van der Waals surface area contributed by atoms with E-state index >= 15 is 0 Å². The van der Waals surface area contributed by atoms with Crippen LogP contribution in [0.25, 0.3) is 11.3 Å². The minimum atomic E-state index is -0.485. The first-order valence-corrected chi connectivity index (χ1v) is 12.6. The van der Waals surface area contributed by atoms with Gasteiger partial charge >= 0.3 is 6.09 Å². The van der Waals surface area contributed by atoms with E-state index in [0.29, 0.717) is 0 Å². The van der Waals surface area contributed by atoms with E-state index in [1.54, 1.807) is 0 Å². The molecule has 1 aromatic heterocycles. The van der Waals surface area contributed by atoms with Crippen molar-refractivity contribution < 1.29 is 9.53 Å². The van der Waals surface area contributed by atoms with Gasteiger partial charge in [-0.1, -0.05) is 39.8 Å². The maximum absolute atomic E-state index is 12.1. The Morgan fingerprint density at radius 1 is 1.03 bits per heavy atom. The molecule has 1 aliphatic carbocycles. The summed E-state index contributed by atoms with van der Waals surface area (Å²) >= 11 is 0.